The van der Waals surface area contributed by atoms with E-state index in [1.165, 1.54) is 0 Å². The number of fused-ring (bicyclic) bond motifs is 11. The molecule has 0 unspecified atom stereocenters. The Bertz CT molecular complexity index is 3500. The van der Waals surface area contributed by atoms with Gasteiger partial charge in [-0.05, 0) is 59.0 Å². The highest BCUT2D eigenvalue weighted by Crippen LogP contribution is 2.41. The monoisotopic (exact) mass is 704 g/mol. The molecule has 12 rings (SSSR count). The molecule has 6 nitrogen and oxygen atoms in total. The van der Waals surface area contributed by atoms with Gasteiger partial charge in [-0.3, -0.25) is 4.57 Å². The summed E-state index contributed by atoms with van der Waals surface area (Å²) in [4.78, 5) is 15.5. The normalized spacial score (nSPS) is 12.0. The van der Waals surface area contributed by atoms with Gasteiger partial charge < -0.3 is 8.83 Å². The van der Waals surface area contributed by atoms with E-state index < -0.39 is 0 Å². The molecule has 256 valence electrons. The van der Waals surface area contributed by atoms with Crippen molar-refractivity contribution in [3.8, 4) is 39.9 Å². The standard InChI is InChI=1S/C49H28N4O2/c1-2-12-30(13-3-1)47-50-48(52-49(51-47)53-40-18-8-6-15-35(40)37-24-21-29-11-4-5-14-34(29)46(37)53)32-22-25-38-44(28-32)55-43-20-10-17-33(45(38)43)31-23-26-42-39(27-31)36-16-7-9-19-41(36)54-42/h1-28H. The topological polar surface area (TPSA) is 69.9 Å². The summed E-state index contributed by atoms with van der Waals surface area (Å²) in [5.74, 6) is 1.72. The van der Waals surface area contributed by atoms with Crippen LogP contribution in [0.1, 0.15) is 0 Å². The molecule has 0 bridgehead atoms. The highest BCUT2D eigenvalue weighted by atomic mass is 16.3. The molecule has 55 heavy (non-hydrogen) atoms. The minimum Gasteiger partial charge on any atom is -0.456 e. The molecule has 0 amide bonds. The van der Waals surface area contributed by atoms with Crippen molar-refractivity contribution >= 4 is 76.5 Å². The summed E-state index contributed by atoms with van der Waals surface area (Å²) < 4.78 is 14.9. The lowest BCUT2D eigenvalue weighted by molar-refractivity contribution is 0.669. The molecular weight excluding hydrogens is 677 g/mol. The fourth-order valence-electron chi connectivity index (χ4n) is 8.35. The van der Waals surface area contributed by atoms with Crippen LogP contribution >= 0.6 is 0 Å². The second kappa shape index (κ2) is 11.5. The van der Waals surface area contributed by atoms with Crippen LogP contribution < -0.4 is 0 Å². The number of aromatic nitrogens is 4. The molecule has 0 atom stereocenters. The first kappa shape index (κ1) is 29.9. The molecule has 0 saturated heterocycles. The molecule has 0 saturated carbocycles. The van der Waals surface area contributed by atoms with Gasteiger partial charge in [0.2, 0.25) is 5.95 Å². The van der Waals surface area contributed by atoms with Gasteiger partial charge in [0.1, 0.15) is 22.3 Å². The Hall–Kier alpha value is -7.57. The Morgan fingerprint density at radius 1 is 0.382 bits per heavy atom. The van der Waals surface area contributed by atoms with E-state index in [0.717, 1.165) is 98.7 Å². The first-order valence-corrected chi connectivity index (χ1v) is 18.4. The van der Waals surface area contributed by atoms with Gasteiger partial charge in [0.25, 0.3) is 0 Å². The van der Waals surface area contributed by atoms with Gasteiger partial charge in [-0.15, -0.1) is 0 Å². The van der Waals surface area contributed by atoms with Crippen molar-refractivity contribution in [2.24, 2.45) is 0 Å². The van der Waals surface area contributed by atoms with Crippen molar-refractivity contribution in [1.82, 2.24) is 19.5 Å². The number of hydrogen-bond acceptors (Lipinski definition) is 5. The summed E-state index contributed by atoms with van der Waals surface area (Å²) >= 11 is 0. The summed E-state index contributed by atoms with van der Waals surface area (Å²) in [6, 6.07) is 58.6. The van der Waals surface area contributed by atoms with Crippen LogP contribution in [0.4, 0.5) is 0 Å². The van der Waals surface area contributed by atoms with Crippen LogP contribution in [0.5, 0.6) is 0 Å². The van der Waals surface area contributed by atoms with E-state index >= 15 is 0 Å². The Morgan fingerprint density at radius 2 is 1.07 bits per heavy atom. The van der Waals surface area contributed by atoms with Crippen molar-refractivity contribution in [2.45, 2.75) is 0 Å². The lowest BCUT2D eigenvalue weighted by atomic mass is 9.97. The van der Waals surface area contributed by atoms with Crippen LogP contribution in [0.25, 0.3) is 116 Å². The van der Waals surface area contributed by atoms with E-state index in [9.17, 15) is 0 Å². The van der Waals surface area contributed by atoms with Gasteiger partial charge in [0.05, 0.1) is 11.0 Å². The maximum absolute atomic E-state index is 6.61. The SMILES string of the molecule is c1ccc(-c2nc(-c3ccc4c(c3)oc3cccc(-c5ccc6oc7ccccc7c6c5)c34)nc(-n3c4ccccc4c4ccc5ccccc5c43)n2)cc1. The molecule has 0 radical (unpaired) electrons. The number of nitrogens with zero attached hydrogens (tertiary/aromatic N) is 4. The smallest absolute Gasteiger partial charge is 0.238 e. The zero-order valence-corrected chi connectivity index (χ0v) is 29.3. The molecule has 6 heteroatoms. The van der Waals surface area contributed by atoms with Gasteiger partial charge in [-0.2, -0.15) is 9.97 Å². The number of benzene rings is 8. The number of hydrogen-bond donors (Lipinski definition) is 0. The fourth-order valence-corrected chi connectivity index (χ4v) is 8.35. The van der Waals surface area contributed by atoms with Gasteiger partial charge in [-0.25, -0.2) is 4.98 Å². The van der Waals surface area contributed by atoms with Crippen molar-refractivity contribution in [2.75, 3.05) is 0 Å². The largest absolute Gasteiger partial charge is 0.456 e. The molecule has 8 aromatic carbocycles. The molecule has 0 aliphatic heterocycles. The van der Waals surface area contributed by atoms with Crippen LogP contribution in [0.3, 0.4) is 0 Å². The summed E-state index contributed by atoms with van der Waals surface area (Å²) in [6.07, 6.45) is 0. The summed E-state index contributed by atoms with van der Waals surface area (Å²) in [5.41, 5.74) is 9.40. The summed E-state index contributed by atoms with van der Waals surface area (Å²) in [6.45, 7) is 0. The third-order valence-corrected chi connectivity index (χ3v) is 10.9. The van der Waals surface area contributed by atoms with Gasteiger partial charge in [0, 0.05) is 48.8 Å². The zero-order valence-electron chi connectivity index (χ0n) is 29.3. The second-order valence-corrected chi connectivity index (χ2v) is 14.0. The van der Waals surface area contributed by atoms with E-state index in [1.807, 2.05) is 48.5 Å². The molecule has 12 aromatic rings. The van der Waals surface area contributed by atoms with Crippen LogP contribution in [0.2, 0.25) is 0 Å². The first-order chi connectivity index (χ1) is 27.2. The molecule has 4 heterocycles. The Balaban J connectivity index is 1.07. The molecule has 0 spiro atoms. The van der Waals surface area contributed by atoms with Crippen molar-refractivity contribution in [1.29, 1.82) is 0 Å². The van der Waals surface area contributed by atoms with Crippen LogP contribution in [0.15, 0.2) is 179 Å². The lowest BCUT2D eigenvalue weighted by Gasteiger charge is -2.12. The molecule has 0 fully saturated rings. The summed E-state index contributed by atoms with van der Waals surface area (Å²) in [5, 5.41) is 8.88. The minimum absolute atomic E-state index is 0.556. The van der Waals surface area contributed by atoms with Crippen molar-refractivity contribution in [3.63, 3.8) is 0 Å². The highest BCUT2D eigenvalue weighted by Gasteiger charge is 2.21. The van der Waals surface area contributed by atoms with Gasteiger partial charge >= 0.3 is 0 Å². The van der Waals surface area contributed by atoms with Gasteiger partial charge in [0.15, 0.2) is 11.6 Å². The van der Waals surface area contributed by atoms with E-state index in [2.05, 4.69) is 126 Å². The van der Waals surface area contributed by atoms with Crippen LogP contribution in [-0.4, -0.2) is 19.5 Å². The molecule has 0 aliphatic rings. The number of rotatable bonds is 4. The van der Waals surface area contributed by atoms with Crippen LogP contribution in [-0.2, 0) is 0 Å². The average Bonchev–Trinajstić information content (AvgIpc) is 3.93. The van der Waals surface area contributed by atoms with Crippen LogP contribution in [0, 0.1) is 0 Å². The minimum atomic E-state index is 0.556. The first-order valence-electron chi connectivity index (χ1n) is 18.4. The molecule has 0 aliphatic carbocycles. The maximum Gasteiger partial charge on any atom is 0.238 e. The fraction of sp³-hybridized carbons (Fsp3) is 0. The lowest BCUT2D eigenvalue weighted by Crippen LogP contribution is -2.06. The quantitative estimate of drug-likeness (QED) is 0.182. The molecule has 4 aromatic heterocycles. The van der Waals surface area contributed by atoms with Crippen molar-refractivity contribution < 1.29 is 8.83 Å². The van der Waals surface area contributed by atoms with Crippen molar-refractivity contribution in [3.05, 3.63) is 170 Å². The Kier molecular flexibility index (Phi) is 6.24. The third-order valence-electron chi connectivity index (χ3n) is 10.9. The predicted octanol–water partition coefficient (Wildman–Crippen LogP) is 12.9. The highest BCUT2D eigenvalue weighted by molar-refractivity contribution is 6.18. The number of furan rings is 2. The Morgan fingerprint density at radius 3 is 1.98 bits per heavy atom. The summed E-state index contributed by atoms with van der Waals surface area (Å²) in [7, 11) is 0. The molecule has 0 N–H and O–H groups in total. The van der Waals surface area contributed by atoms with E-state index in [1.54, 1.807) is 0 Å². The zero-order chi connectivity index (χ0) is 36.0. The van der Waals surface area contributed by atoms with E-state index in [4.69, 9.17) is 23.8 Å². The average molecular weight is 705 g/mol. The number of para-hydroxylation sites is 2. The van der Waals surface area contributed by atoms with E-state index in [-0.39, 0.29) is 0 Å². The second-order valence-electron chi connectivity index (χ2n) is 14.0. The van der Waals surface area contributed by atoms with E-state index in [0.29, 0.717) is 17.6 Å². The third kappa shape index (κ3) is 4.52. The molecular formula is C49H28N4O2. The maximum atomic E-state index is 6.61. The Labute approximate surface area is 313 Å². The predicted molar refractivity (Wildman–Crippen MR) is 223 cm³/mol. The van der Waals surface area contributed by atoms with Gasteiger partial charge in [-0.1, -0.05) is 127 Å².